The maximum atomic E-state index is 6.27. The van der Waals surface area contributed by atoms with Gasteiger partial charge in [-0.25, -0.2) is 19.5 Å². The number of methoxy groups -OCH3 is 1. The Kier molecular flexibility index (Phi) is 4.88. The Bertz CT molecular complexity index is 1400. The lowest BCUT2D eigenvalue weighted by Gasteiger charge is -2.08. The minimum atomic E-state index is 0.370. The van der Waals surface area contributed by atoms with Crippen molar-refractivity contribution in [1.29, 1.82) is 0 Å². The van der Waals surface area contributed by atoms with Gasteiger partial charge in [0, 0.05) is 12.6 Å². The van der Waals surface area contributed by atoms with Gasteiger partial charge in [0.15, 0.2) is 10.8 Å². The van der Waals surface area contributed by atoms with Crippen molar-refractivity contribution in [3.8, 4) is 17.1 Å². The third-order valence-corrected chi connectivity index (χ3v) is 5.21. The van der Waals surface area contributed by atoms with E-state index >= 15 is 0 Å². The summed E-state index contributed by atoms with van der Waals surface area (Å²) in [6, 6.07) is 17.4. The van der Waals surface area contributed by atoms with E-state index in [-0.39, 0.29) is 0 Å². The lowest BCUT2D eigenvalue weighted by atomic mass is 10.2. The summed E-state index contributed by atoms with van der Waals surface area (Å²) in [6.45, 7) is 2.54. The lowest BCUT2D eigenvalue weighted by molar-refractivity contribution is 0.414. The zero-order valence-electron chi connectivity index (χ0n) is 17.0. The molecule has 0 aliphatic rings. The second-order valence-corrected chi connectivity index (χ2v) is 7.51. The number of rotatable bonds is 5. The summed E-state index contributed by atoms with van der Waals surface area (Å²) in [7, 11) is 1.65. The highest BCUT2D eigenvalue weighted by molar-refractivity contribution is 6.29. The number of imidazole rings is 1. The largest absolute Gasteiger partial charge is 0.497 e. The smallest absolute Gasteiger partial charge is 0.177 e. The molecule has 0 fully saturated rings. The van der Waals surface area contributed by atoms with Gasteiger partial charge in [-0.15, -0.1) is 0 Å². The van der Waals surface area contributed by atoms with Crippen LogP contribution in [0, 0.1) is 6.92 Å². The molecule has 0 spiro atoms. The number of ether oxygens (including phenoxy) is 1. The van der Waals surface area contributed by atoms with Crippen LogP contribution in [0.25, 0.3) is 28.1 Å². The predicted octanol–water partition coefficient (Wildman–Crippen LogP) is 4.92. The van der Waals surface area contributed by atoms with Crippen LogP contribution in [0.4, 0.5) is 5.69 Å². The number of aryl methyl sites for hydroxylation is 1. The van der Waals surface area contributed by atoms with Crippen molar-refractivity contribution >= 4 is 34.0 Å². The van der Waals surface area contributed by atoms with Gasteiger partial charge in [-0.05, 0) is 36.8 Å². The number of hydrogen-bond donors (Lipinski definition) is 1. The number of benzene rings is 2. The van der Waals surface area contributed by atoms with Crippen molar-refractivity contribution in [2.45, 2.75) is 13.5 Å². The maximum Gasteiger partial charge on any atom is 0.177 e. The zero-order valence-corrected chi connectivity index (χ0v) is 17.8. The van der Waals surface area contributed by atoms with Crippen LogP contribution in [0.15, 0.2) is 60.8 Å². The molecule has 8 heteroatoms. The van der Waals surface area contributed by atoms with Crippen LogP contribution < -0.4 is 10.1 Å². The molecule has 0 radical (unpaired) electrons. The fraction of sp³-hybridized carbons (Fsp3) is 0.130. The normalized spacial score (nSPS) is 11.2. The molecule has 0 amide bonds. The number of para-hydroxylation sites is 2. The second-order valence-electron chi connectivity index (χ2n) is 7.12. The summed E-state index contributed by atoms with van der Waals surface area (Å²) in [6.07, 6.45) is 1.82. The standard InChI is InChI=1S/C23H19ClN6O/c1-14-22(27-18-6-4-3-5-17(18)26-14)20-13-30-23(28-20)19(11-21(24)29-30)25-12-15-7-9-16(31-2)10-8-15/h3-11,13,25H,12H2,1-2H3. The van der Waals surface area contributed by atoms with E-state index in [1.54, 1.807) is 17.7 Å². The average molecular weight is 431 g/mol. The number of nitrogens with one attached hydrogen (secondary N) is 1. The molecule has 31 heavy (non-hydrogen) atoms. The molecule has 5 aromatic rings. The van der Waals surface area contributed by atoms with Gasteiger partial charge in [-0.3, -0.25) is 0 Å². The topological polar surface area (TPSA) is 77.2 Å². The highest BCUT2D eigenvalue weighted by Gasteiger charge is 2.15. The van der Waals surface area contributed by atoms with E-state index in [4.69, 9.17) is 26.3 Å². The van der Waals surface area contributed by atoms with Gasteiger partial charge >= 0.3 is 0 Å². The Morgan fingerprint density at radius 2 is 1.74 bits per heavy atom. The average Bonchev–Trinajstić information content (AvgIpc) is 3.21. The minimum absolute atomic E-state index is 0.370. The molecule has 2 aromatic carbocycles. The van der Waals surface area contributed by atoms with Crippen molar-refractivity contribution in [3.63, 3.8) is 0 Å². The first-order valence-corrected chi connectivity index (χ1v) is 10.1. The molecule has 0 saturated heterocycles. The van der Waals surface area contributed by atoms with Crippen molar-refractivity contribution in [1.82, 2.24) is 24.6 Å². The molecule has 0 atom stereocenters. The summed E-state index contributed by atoms with van der Waals surface area (Å²) < 4.78 is 6.89. The van der Waals surface area contributed by atoms with Crippen LogP contribution in [-0.2, 0) is 6.54 Å². The molecule has 3 heterocycles. The Balaban J connectivity index is 1.51. The minimum Gasteiger partial charge on any atom is -0.497 e. The second kappa shape index (κ2) is 7.85. The number of fused-ring (bicyclic) bond motifs is 2. The molecule has 154 valence electrons. The van der Waals surface area contributed by atoms with Crippen molar-refractivity contribution < 1.29 is 4.74 Å². The molecule has 0 aliphatic carbocycles. The van der Waals surface area contributed by atoms with E-state index in [1.165, 1.54) is 0 Å². The van der Waals surface area contributed by atoms with E-state index in [2.05, 4.69) is 15.4 Å². The van der Waals surface area contributed by atoms with E-state index in [9.17, 15) is 0 Å². The first-order valence-electron chi connectivity index (χ1n) is 9.77. The summed E-state index contributed by atoms with van der Waals surface area (Å²) in [5.41, 5.74) is 6.46. The predicted molar refractivity (Wildman–Crippen MR) is 122 cm³/mol. The van der Waals surface area contributed by atoms with E-state index in [1.807, 2.05) is 61.7 Å². The van der Waals surface area contributed by atoms with Crippen molar-refractivity contribution in [2.75, 3.05) is 12.4 Å². The van der Waals surface area contributed by atoms with Crippen LogP contribution in [0.2, 0.25) is 5.15 Å². The molecule has 1 N–H and O–H groups in total. The molecule has 0 unspecified atom stereocenters. The number of anilines is 1. The first kappa shape index (κ1) is 19.3. The number of hydrogen-bond acceptors (Lipinski definition) is 6. The number of aromatic nitrogens is 5. The van der Waals surface area contributed by atoms with Crippen molar-refractivity contribution in [2.24, 2.45) is 0 Å². The fourth-order valence-corrected chi connectivity index (χ4v) is 3.65. The van der Waals surface area contributed by atoms with Crippen molar-refractivity contribution in [3.05, 3.63) is 77.2 Å². The van der Waals surface area contributed by atoms with Gasteiger partial charge < -0.3 is 10.1 Å². The van der Waals surface area contributed by atoms with Crippen LogP contribution in [0.3, 0.4) is 0 Å². The molecule has 0 bridgehead atoms. The Morgan fingerprint density at radius 1 is 1.00 bits per heavy atom. The van der Waals surface area contributed by atoms with Crippen LogP contribution in [0.5, 0.6) is 5.75 Å². The maximum absolute atomic E-state index is 6.27. The van der Waals surface area contributed by atoms with Gasteiger partial charge in [-0.1, -0.05) is 35.9 Å². The Morgan fingerprint density at radius 3 is 2.48 bits per heavy atom. The fourth-order valence-electron chi connectivity index (χ4n) is 3.46. The van der Waals surface area contributed by atoms with Gasteiger partial charge in [0.2, 0.25) is 0 Å². The highest BCUT2D eigenvalue weighted by atomic mass is 35.5. The Labute approximate surface area is 183 Å². The zero-order chi connectivity index (χ0) is 21.4. The monoisotopic (exact) mass is 430 g/mol. The van der Waals surface area contributed by atoms with Gasteiger partial charge in [-0.2, -0.15) is 5.10 Å². The SMILES string of the molecule is COc1ccc(CNc2cc(Cl)nn3cc(-c4nc5ccccc5nc4C)nc23)cc1. The summed E-state index contributed by atoms with van der Waals surface area (Å²) in [5.74, 6) is 0.822. The van der Waals surface area contributed by atoms with Gasteiger partial charge in [0.25, 0.3) is 0 Å². The van der Waals surface area contributed by atoms with E-state index in [0.717, 1.165) is 39.4 Å². The van der Waals surface area contributed by atoms with E-state index < -0.39 is 0 Å². The number of halogens is 1. The Hall–Kier alpha value is -3.71. The summed E-state index contributed by atoms with van der Waals surface area (Å²) in [4.78, 5) is 14.2. The van der Waals surface area contributed by atoms with Gasteiger partial charge in [0.1, 0.15) is 17.1 Å². The van der Waals surface area contributed by atoms with E-state index in [0.29, 0.717) is 23.0 Å². The van der Waals surface area contributed by atoms with Crippen LogP contribution in [0.1, 0.15) is 11.3 Å². The lowest BCUT2D eigenvalue weighted by Crippen LogP contribution is -2.03. The first-order chi connectivity index (χ1) is 15.1. The molecular weight excluding hydrogens is 412 g/mol. The van der Waals surface area contributed by atoms with Crippen LogP contribution in [-0.4, -0.2) is 31.7 Å². The molecule has 5 rings (SSSR count). The summed E-state index contributed by atoms with van der Waals surface area (Å²) in [5, 5.41) is 8.14. The van der Waals surface area contributed by atoms with Crippen LogP contribution >= 0.6 is 11.6 Å². The quantitative estimate of drug-likeness (QED) is 0.426. The molecular formula is C23H19ClN6O. The molecule has 3 aromatic heterocycles. The highest BCUT2D eigenvalue weighted by Crippen LogP contribution is 2.26. The molecule has 7 nitrogen and oxygen atoms in total. The van der Waals surface area contributed by atoms with Gasteiger partial charge in [0.05, 0.1) is 35.7 Å². The molecule has 0 saturated carbocycles. The molecule has 0 aliphatic heterocycles. The third-order valence-electron chi connectivity index (χ3n) is 5.03. The third kappa shape index (κ3) is 3.75. The summed E-state index contributed by atoms with van der Waals surface area (Å²) >= 11 is 6.27. The number of nitrogens with zero attached hydrogens (tertiary/aromatic N) is 5.